The van der Waals surface area contributed by atoms with Crippen molar-refractivity contribution in [2.24, 2.45) is 15.9 Å². The van der Waals surface area contributed by atoms with Gasteiger partial charge in [0.05, 0.1) is 12.2 Å². The monoisotopic (exact) mass is 472 g/mol. The Morgan fingerprint density at radius 3 is 2.39 bits per heavy atom. The average molecular weight is 473 g/mol. The summed E-state index contributed by atoms with van der Waals surface area (Å²) < 4.78 is 58.9. The molecule has 0 bridgehead atoms. The highest BCUT2D eigenvalue weighted by molar-refractivity contribution is 6.02. The number of guanidine groups is 1. The second-order valence-corrected chi connectivity index (χ2v) is 8.64. The number of hydrogen-bond donors (Lipinski definition) is 2. The van der Waals surface area contributed by atoms with E-state index in [9.17, 15) is 22.4 Å². The van der Waals surface area contributed by atoms with Gasteiger partial charge in [0.1, 0.15) is 11.5 Å². The topological polar surface area (TPSA) is 75.1 Å². The van der Waals surface area contributed by atoms with Crippen LogP contribution < -0.4 is 10.6 Å². The smallest absolute Gasteiger partial charge is 0.373 e. The Balaban J connectivity index is 2.24. The summed E-state index contributed by atoms with van der Waals surface area (Å²) in [5, 5.41) is 6.00. The molecule has 0 radical (unpaired) electrons. The van der Waals surface area contributed by atoms with Gasteiger partial charge >= 0.3 is 6.18 Å². The SMILES string of the molecule is C/N=C(\CC(CC(C)C)N/C(=N\C(=O)c1ccc(F)cc1)NCC1CCC(C)O1)C(F)(F)F. The van der Waals surface area contributed by atoms with Crippen LogP contribution >= 0.6 is 0 Å². The van der Waals surface area contributed by atoms with Gasteiger partial charge < -0.3 is 15.4 Å². The van der Waals surface area contributed by atoms with Crippen molar-refractivity contribution < 1.29 is 27.1 Å². The third-order valence-electron chi connectivity index (χ3n) is 5.26. The quantitative estimate of drug-likeness (QED) is 0.332. The van der Waals surface area contributed by atoms with Crippen LogP contribution in [0.1, 0.15) is 56.8 Å². The average Bonchev–Trinajstić information content (AvgIpc) is 3.14. The van der Waals surface area contributed by atoms with E-state index in [1.807, 2.05) is 20.8 Å². The number of carbonyl (C=O) groups excluding carboxylic acids is 1. The van der Waals surface area contributed by atoms with Crippen LogP contribution in [-0.4, -0.2) is 55.6 Å². The van der Waals surface area contributed by atoms with Crippen LogP contribution in [0, 0.1) is 11.7 Å². The number of alkyl halides is 3. The van der Waals surface area contributed by atoms with Gasteiger partial charge in [0.15, 0.2) is 5.96 Å². The number of amides is 1. The van der Waals surface area contributed by atoms with Crippen molar-refractivity contribution >= 4 is 17.6 Å². The number of aliphatic imine (C=N–C) groups is 2. The van der Waals surface area contributed by atoms with Gasteiger partial charge in [-0.05, 0) is 56.4 Å². The molecule has 10 heteroatoms. The first-order chi connectivity index (χ1) is 15.5. The van der Waals surface area contributed by atoms with Crippen LogP contribution in [0.5, 0.6) is 0 Å². The molecule has 2 rings (SSSR count). The molecule has 1 heterocycles. The molecule has 1 aromatic rings. The molecular formula is C23H32F4N4O2. The van der Waals surface area contributed by atoms with E-state index in [1.165, 1.54) is 12.1 Å². The van der Waals surface area contributed by atoms with E-state index < -0.39 is 29.7 Å². The maximum absolute atomic E-state index is 13.3. The molecule has 1 aliphatic heterocycles. The molecule has 33 heavy (non-hydrogen) atoms. The predicted octanol–water partition coefficient (Wildman–Crippen LogP) is 4.51. The van der Waals surface area contributed by atoms with Gasteiger partial charge in [-0.2, -0.15) is 18.2 Å². The maximum Gasteiger partial charge on any atom is 0.429 e. The van der Waals surface area contributed by atoms with Gasteiger partial charge in [-0.3, -0.25) is 9.79 Å². The zero-order chi connectivity index (χ0) is 24.6. The van der Waals surface area contributed by atoms with Gasteiger partial charge in [-0.1, -0.05) is 13.8 Å². The number of nitrogens with one attached hydrogen (secondary N) is 2. The summed E-state index contributed by atoms with van der Waals surface area (Å²) in [6.07, 6.45) is -2.77. The fourth-order valence-electron chi connectivity index (χ4n) is 3.65. The normalized spacial score (nSPS) is 20.8. The number of benzene rings is 1. The third-order valence-corrected chi connectivity index (χ3v) is 5.26. The number of halogens is 4. The first-order valence-electron chi connectivity index (χ1n) is 11.0. The largest absolute Gasteiger partial charge is 0.429 e. The van der Waals surface area contributed by atoms with Gasteiger partial charge in [0, 0.05) is 31.6 Å². The van der Waals surface area contributed by atoms with E-state index in [1.54, 1.807) is 0 Å². The summed E-state index contributed by atoms with van der Waals surface area (Å²) in [5.74, 6) is -0.998. The Hall–Kier alpha value is -2.49. The van der Waals surface area contributed by atoms with Crippen molar-refractivity contribution in [1.29, 1.82) is 0 Å². The summed E-state index contributed by atoms with van der Waals surface area (Å²) in [4.78, 5) is 20.1. The second kappa shape index (κ2) is 12.1. The van der Waals surface area contributed by atoms with Crippen LogP contribution in [0.15, 0.2) is 34.3 Å². The van der Waals surface area contributed by atoms with E-state index in [0.29, 0.717) is 13.0 Å². The molecule has 3 atom stereocenters. The molecule has 1 aliphatic rings. The fraction of sp³-hybridized carbons (Fsp3) is 0.609. The minimum atomic E-state index is -4.55. The zero-order valence-electron chi connectivity index (χ0n) is 19.4. The molecule has 0 saturated carbocycles. The highest BCUT2D eigenvalue weighted by Crippen LogP contribution is 2.22. The van der Waals surface area contributed by atoms with E-state index in [-0.39, 0.29) is 36.1 Å². The third kappa shape index (κ3) is 9.11. The van der Waals surface area contributed by atoms with Gasteiger partial charge in [-0.25, -0.2) is 4.39 Å². The first kappa shape index (κ1) is 26.8. The fourth-order valence-corrected chi connectivity index (χ4v) is 3.65. The molecule has 0 spiro atoms. The standard InChI is InChI=1S/C23H32F4N4O2/c1-14(2)11-18(12-20(28-4)23(25,26)27)30-22(29-13-19-10-5-15(3)33-19)31-21(32)16-6-8-17(24)9-7-16/h6-9,14-15,18-19H,5,10-13H2,1-4H3,(H2,29,30,31,32)/b28-20+. The van der Waals surface area contributed by atoms with Crippen LogP contribution in [0.3, 0.4) is 0 Å². The Bertz CT molecular complexity index is 838. The van der Waals surface area contributed by atoms with Gasteiger partial charge in [0.2, 0.25) is 0 Å². The lowest BCUT2D eigenvalue weighted by Crippen LogP contribution is -2.48. The van der Waals surface area contributed by atoms with E-state index in [0.717, 1.165) is 32.0 Å². The molecule has 1 saturated heterocycles. The Kier molecular flexibility index (Phi) is 9.82. The lowest BCUT2D eigenvalue weighted by Gasteiger charge is -2.25. The van der Waals surface area contributed by atoms with Crippen LogP contribution in [0.2, 0.25) is 0 Å². The highest BCUT2D eigenvalue weighted by Gasteiger charge is 2.36. The number of carbonyl (C=O) groups is 1. The van der Waals surface area contributed by atoms with E-state index in [4.69, 9.17) is 4.74 Å². The molecule has 184 valence electrons. The molecular weight excluding hydrogens is 440 g/mol. The summed E-state index contributed by atoms with van der Waals surface area (Å²) in [6.45, 7) is 6.10. The van der Waals surface area contributed by atoms with Gasteiger partial charge in [-0.15, -0.1) is 0 Å². The number of hydrogen-bond acceptors (Lipinski definition) is 3. The molecule has 1 amide bonds. The summed E-state index contributed by atoms with van der Waals surface area (Å²) in [6, 6.07) is 4.23. The van der Waals surface area contributed by atoms with Crippen molar-refractivity contribution in [2.75, 3.05) is 13.6 Å². The lowest BCUT2D eigenvalue weighted by molar-refractivity contribution is -0.0610. The van der Waals surface area contributed by atoms with Crippen molar-refractivity contribution in [2.45, 2.75) is 70.9 Å². The molecule has 6 nitrogen and oxygen atoms in total. The molecule has 1 fully saturated rings. The van der Waals surface area contributed by atoms with E-state index in [2.05, 4.69) is 20.6 Å². The van der Waals surface area contributed by atoms with Crippen molar-refractivity contribution in [3.8, 4) is 0 Å². The van der Waals surface area contributed by atoms with Crippen LogP contribution in [-0.2, 0) is 4.74 Å². The van der Waals surface area contributed by atoms with Crippen LogP contribution in [0.25, 0.3) is 0 Å². The zero-order valence-corrected chi connectivity index (χ0v) is 19.4. The highest BCUT2D eigenvalue weighted by atomic mass is 19.4. The molecule has 1 aromatic carbocycles. The summed E-state index contributed by atoms with van der Waals surface area (Å²) >= 11 is 0. The number of rotatable bonds is 8. The number of nitrogens with zero attached hydrogens (tertiary/aromatic N) is 2. The molecule has 3 unspecified atom stereocenters. The Morgan fingerprint density at radius 2 is 1.88 bits per heavy atom. The Morgan fingerprint density at radius 1 is 1.21 bits per heavy atom. The van der Waals surface area contributed by atoms with Crippen molar-refractivity contribution in [3.63, 3.8) is 0 Å². The lowest BCUT2D eigenvalue weighted by atomic mass is 9.98. The minimum absolute atomic E-state index is 0.0516. The summed E-state index contributed by atoms with van der Waals surface area (Å²) in [5.41, 5.74) is -0.729. The number of ether oxygens (including phenoxy) is 1. The molecule has 0 aliphatic carbocycles. The summed E-state index contributed by atoms with van der Waals surface area (Å²) in [7, 11) is 1.11. The van der Waals surface area contributed by atoms with Crippen molar-refractivity contribution in [3.05, 3.63) is 35.6 Å². The Labute approximate surface area is 191 Å². The molecule has 2 N–H and O–H groups in total. The van der Waals surface area contributed by atoms with E-state index >= 15 is 0 Å². The molecule has 0 aromatic heterocycles. The van der Waals surface area contributed by atoms with Crippen LogP contribution in [0.4, 0.5) is 17.6 Å². The first-order valence-corrected chi connectivity index (χ1v) is 11.0. The van der Waals surface area contributed by atoms with Crippen molar-refractivity contribution in [1.82, 2.24) is 10.6 Å². The minimum Gasteiger partial charge on any atom is -0.373 e. The predicted molar refractivity (Wildman–Crippen MR) is 120 cm³/mol. The maximum atomic E-state index is 13.3. The van der Waals surface area contributed by atoms with Gasteiger partial charge in [0.25, 0.3) is 5.91 Å². The second-order valence-electron chi connectivity index (χ2n) is 8.64.